The molecule has 0 spiro atoms. The Bertz CT molecular complexity index is 1300. The summed E-state index contributed by atoms with van der Waals surface area (Å²) in [7, 11) is 0. The van der Waals surface area contributed by atoms with Crippen LogP contribution in [-0.2, 0) is 16.2 Å². The van der Waals surface area contributed by atoms with E-state index in [2.05, 4.69) is 26.1 Å². The van der Waals surface area contributed by atoms with Crippen LogP contribution in [0.25, 0.3) is 11.1 Å². The van der Waals surface area contributed by atoms with Gasteiger partial charge in [0.15, 0.2) is 0 Å². The minimum absolute atomic E-state index is 0.157. The molecule has 8 heteroatoms. The molecule has 3 saturated carbocycles. The predicted octanol–water partition coefficient (Wildman–Crippen LogP) is 3.32. The van der Waals surface area contributed by atoms with Gasteiger partial charge in [0.2, 0.25) is 5.91 Å². The van der Waals surface area contributed by atoms with E-state index in [0.717, 1.165) is 23.1 Å². The number of hydroxylamine groups is 2. The van der Waals surface area contributed by atoms with E-state index in [9.17, 15) is 24.9 Å². The van der Waals surface area contributed by atoms with Crippen molar-refractivity contribution in [2.45, 2.75) is 64.4 Å². The maximum absolute atomic E-state index is 13.9. The van der Waals surface area contributed by atoms with Crippen molar-refractivity contribution < 1.29 is 29.7 Å². The van der Waals surface area contributed by atoms with Crippen LogP contribution in [0, 0.1) is 35.0 Å². The maximum Gasteiger partial charge on any atom is 0.335 e. The Labute approximate surface area is 228 Å². The number of carbonyl (C=O) groups is 2. The number of carbonyl (C=O) groups excluding carboxylic acids is 1. The number of aliphatic hydroxyl groups excluding tert-OH is 2. The second-order valence-electron chi connectivity index (χ2n) is 12.8. The molecule has 8 nitrogen and oxygen atoms in total. The van der Waals surface area contributed by atoms with Gasteiger partial charge in [0.1, 0.15) is 12.1 Å². The Hall–Kier alpha value is -2.78. The summed E-state index contributed by atoms with van der Waals surface area (Å²) in [6.45, 7) is 8.54. The lowest BCUT2D eigenvalue weighted by Gasteiger charge is -2.86. The number of nitrogens with zero attached hydrogens (tertiary/aromatic N) is 1. The number of carboxylic acids is 1. The summed E-state index contributed by atoms with van der Waals surface area (Å²) < 4.78 is 0. The van der Waals surface area contributed by atoms with Gasteiger partial charge >= 0.3 is 5.97 Å². The molecule has 1 saturated heterocycles. The molecule has 6 rings (SSSR count). The fourth-order valence-electron chi connectivity index (χ4n) is 8.65. The highest BCUT2D eigenvalue weighted by molar-refractivity contribution is 5.89. The van der Waals surface area contributed by atoms with Crippen molar-refractivity contribution in [3.63, 3.8) is 0 Å². The van der Waals surface area contributed by atoms with Crippen LogP contribution in [0.3, 0.4) is 0 Å². The molecule has 1 aliphatic heterocycles. The molecule has 39 heavy (non-hydrogen) atoms. The summed E-state index contributed by atoms with van der Waals surface area (Å²) in [5, 5.41) is 35.2. The van der Waals surface area contributed by atoms with Crippen LogP contribution in [0.5, 0.6) is 0 Å². The van der Waals surface area contributed by atoms with E-state index in [0.29, 0.717) is 29.1 Å². The molecule has 4 aliphatic rings. The molecule has 0 aromatic heterocycles. The molecule has 9 atom stereocenters. The monoisotopic (exact) mass is 534 g/mol. The van der Waals surface area contributed by atoms with E-state index in [1.807, 2.05) is 30.3 Å². The number of benzene rings is 2. The van der Waals surface area contributed by atoms with Gasteiger partial charge < -0.3 is 20.6 Å². The molecule has 1 heterocycles. The van der Waals surface area contributed by atoms with Crippen molar-refractivity contribution in [3.8, 4) is 11.1 Å². The molecular formula is C31H38N2O6. The molecule has 3 aliphatic carbocycles. The van der Waals surface area contributed by atoms with Gasteiger partial charge in [-0.1, -0.05) is 51.1 Å². The van der Waals surface area contributed by atoms with Crippen LogP contribution in [-0.4, -0.2) is 62.7 Å². The van der Waals surface area contributed by atoms with Gasteiger partial charge in [-0.3, -0.25) is 9.63 Å². The zero-order chi connectivity index (χ0) is 27.9. The molecule has 208 valence electrons. The number of rotatable bonds is 8. The summed E-state index contributed by atoms with van der Waals surface area (Å²) in [4.78, 5) is 31.5. The Balaban J connectivity index is 1.25. The zero-order valence-corrected chi connectivity index (χ0v) is 22.9. The molecule has 4 fully saturated rings. The Morgan fingerprint density at radius 2 is 1.82 bits per heavy atom. The van der Waals surface area contributed by atoms with E-state index >= 15 is 0 Å². The first-order valence-corrected chi connectivity index (χ1v) is 14.0. The van der Waals surface area contributed by atoms with E-state index in [-0.39, 0.29) is 30.2 Å². The van der Waals surface area contributed by atoms with Gasteiger partial charge in [-0.15, -0.1) is 0 Å². The zero-order valence-electron chi connectivity index (χ0n) is 22.9. The van der Waals surface area contributed by atoms with E-state index in [1.165, 1.54) is 0 Å². The van der Waals surface area contributed by atoms with Gasteiger partial charge in [-0.25, -0.2) is 4.79 Å². The molecule has 0 bridgehead atoms. The number of aromatic carboxylic acids is 1. The SMILES string of the molecule is C[C@H](O)[C@@H]1[C@H](CO)ON(Cc2cccc(-c3cccc(C(=O)O)c3)c2)[C@@H]1C(=O)N[C@@]12C[C@H]3C1[C@@H]([C@@H]2C)C3(C)C. The molecule has 2 aromatic carbocycles. The summed E-state index contributed by atoms with van der Waals surface area (Å²) >= 11 is 0. The van der Waals surface area contributed by atoms with Crippen molar-refractivity contribution in [1.82, 2.24) is 10.4 Å². The number of amides is 1. The molecule has 1 unspecified atom stereocenters. The van der Waals surface area contributed by atoms with Crippen LogP contribution in [0.4, 0.5) is 0 Å². The van der Waals surface area contributed by atoms with Crippen molar-refractivity contribution >= 4 is 11.9 Å². The fraction of sp³-hybridized carbons (Fsp3) is 0.548. The first kappa shape index (κ1) is 26.4. The number of hydrogen-bond acceptors (Lipinski definition) is 6. The fourth-order valence-corrected chi connectivity index (χ4v) is 8.65. The molecule has 0 radical (unpaired) electrons. The summed E-state index contributed by atoms with van der Waals surface area (Å²) in [6, 6.07) is 13.7. The number of aliphatic hydroxyl groups is 2. The smallest absolute Gasteiger partial charge is 0.335 e. The average Bonchev–Trinajstić information content (AvgIpc) is 3.27. The molecule has 1 amide bonds. The predicted molar refractivity (Wildman–Crippen MR) is 144 cm³/mol. The first-order chi connectivity index (χ1) is 18.5. The van der Waals surface area contributed by atoms with Gasteiger partial charge in [-0.05, 0) is 77.3 Å². The Morgan fingerprint density at radius 3 is 2.44 bits per heavy atom. The van der Waals surface area contributed by atoms with Gasteiger partial charge in [0.25, 0.3) is 0 Å². The third-order valence-corrected chi connectivity index (χ3v) is 10.6. The lowest BCUT2D eigenvalue weighted by atomic mass is 9.21. The topological polar surface area (TPSA) is 119 Å². The van der Waals surface area contributed by atoms with Crippen LogP contribution in [0.15, 0.2) is 48.5 Å². The highest BCUT2D eigenvalue weighted by Crippen LogP contribution is 2.81. The quantitative estimate of drug-likeness (QED) is 0.410. The molecule has 4 N–H and O–H groups in total. The molecular weight excluding hydrogens is 496 g/mol. The van der Waals surface area contributed by atoms with Gasteiger partial charge in [0.05, 0.1) is 24.8 Å². The van der Waals surface area contributed by atoms with E-state index in [1.54, 1.807) is 30.2 Å². The summed E-state index contributed by atoms with van der Waals surface area (Å²) in [6.07, 6.45) is -0.562. The van der Waals surface area contributed by atoms with Crippen LogP contribution < -0.4 is 5.32 Å². The Morgan fingerprint density at radius 1 is 1.13 bits per heavy atom. The number of nitrogens with one attached hydrogen (secondary N) is 1. The van der Waals surface area contributed by atoms with Crippen molar-refractivity contribution in [3.05, 3.63) is 59.7 Å². The number of carboxylic acid groups (broad SMARTS) is 1. The number of hydrogen-bond donors (Lipinski definition) is 4. The van der Waals surface area contributed by atoms with Crippen molar-refractivity contribution in [2.75, 3.05) is 6.61 Å². The van der Waals surface area contributed by atoms with Crippen LogP contribution >= 0.6 is 0 Å². The van der Waals surface area contributed by atoms with Crippen LogP contribution in [0.1, 0.15) is 50.0 Å². The minimum atomic E-state index is -0.985. The highest BCUT2D eigenvalue weighted by atomic mass is 16.7. The lowest BCUT2D eigenvalue weighted by Crippen LogP contribution is -2.90. The largest absolute Gasteiger partial charge is 0.478 e. The second kappa shape index (κ2) is 9.13. The Kier molecular flexibility index (Phi) is 6.19. The minimum Gasteiger partial charge on any atom is -0.478 e. The van der Waals surface area contributed by atoms with Crippen molar-refractivity contribution in [1.29, 1.82) is 0 Å². The maximum atomic E-state index is 13.9. The third kappa shape index (κ3) is 3.79. The van der Waals surface area contributed by atoms with E-state index < -0.39 is 30.1 Å². The molecule has 2 aromatic rings. The third-order valence-electron chi connectivity index (χ3n) is 10.6. The van der Waals surface area contributed by atoms with Gasteiger partial charge in [-0.2, -0.15) is 5.06 Å². The van der Waals surface area contributed by atoms with Gasteiger partial charge in [0, 0.05) is 11.5 Å². The standard InChI is InChI=1S/C31H38N2O6/c1-16-25-26-22(30(25,3)4)13-31(16,26)32-28(36)27-24(17(2)35)23(15-34)39-33(27)14-18-7-5-8-19(11-18)20-9-6-10-21(12-20)29(37)38/h5-12,16-17,22-27,34-35H,13-15H2,1-4H3,(H,32,36)(H,37,38)/t16-,17-,22-,23-,24+,25+,26?,27-,31+/m0/s1. The lowest BCUT2D eigenvalue weighted by molar-refractivity contribution is -0.349. The van der Waals surface area contributed by atoms with E-state index in [4.69, 9.17) is 4.84 Å². The highest BCUT2D eigenvalue weighted by Gasteiger charge is 2.83. The van der Waals surface area contributed by atoms with Crippen molar-refractivity contribution in [2.24, 2.45) is 35.0 Å². The normalized spacial score (nSPS) is 36.6. The summed E-state index contributed by atoms with van der Waals surface area (Å²) in [5.74, 6) is 0.486. The first-order valence-electron chi connectivity index (χ1n) is 14.0. The second-order valence-corrected chi connectivity index (χ2v) is 12.8. The summed E-state index contributed by atoms with van der Waals surface area (Å²) in [5.41, 5.74) is 2.86. The van der Waals surface area contributed by atoms with Crippen LogP contribution in [0.2, 0.25) is 0 Å². The average molecular weight is 535 g/mol.